The van der Waals surface area contributed by atoms with E-state index in [1.54, 1.807) is 43.5 Å². The van der Waals surface area contributed by atoms with Crippen LogP contribution in [0.3, 0.4) is 0 Å². The number of nitrogens with zero attached hydrogens (tertiary/aromatic N) is 1. The molecule has 1 N–H and O–H groups in total. The van der Waals surface area contributed by atoms with Gasteiger partial charge in [-0.25, -0.2) is 0 Å². The topological polar surface area (TPSA) is 67.9 Å². The second-order valence-electron chi connectivity index (χ2n) is 8.29. The predicted octanol–water partition coefficient (Wildman–Crippen LogP) is 6.74. The molecule has 38 heavy (non-hydrogen) atoms. The molecule has 1 saturated heterocycles. The number of thioether (sulfide) groups is 1. The first kappa shape index (κ1) is 26.0. The molecular weight excluding hydrogens is 584 g/mol. The zero-order chi connectivity index (χ0) is 26.6. The fourth-order valence-corrected chi connectivity index (χ4v) is 5.76. The number of benzene rings is 4. The van der Waals surface area contributed by atoms with Gasteiger partial charge in [0.2, 0.25) is 0 Å². The van der Waals surface area contributed by atoms with Crippen LogP contribution in [-0.2, 0) is 11.4 Å². The van der Waals surface area contributed by atoms with Crippen LogP contribution in [0.2, 0.25) is 0 Å². The first-order valence-electron chi connectivity index (χ1n) is 11.6. The third-order valence-corrected chi connectivity index (χ3v) is 7.74. The molecule has 1 aliphatic heterocycles. The van der Waals surface area contributed by atoms with Crippen molar-refractivity contribution in [1.29, 1.82) is 0 Å². The zero-order valence-corrected chi connectivity index (χ0v) is 23.4. The Labute approximate surface area is 237 Å². The van der Waals surface area contributed by atoms with Crippen molar-refractivity contribution in [2.24, 2.45) is 0 Å². The smallest absolute Gasteiger partial charge is 0.285 e. The SMILES string of the molecule is COc1cc(/C=C2/SC(=S)N(NC(=O)c3ccccc3)C2=O)cc(Br)c1OCc1cccc2ccccc12. The Kier molecular flexibility index (Phi) is 7.78. The van der Waals surface area contributed by atoms with E-state index < -0.39 is 11.8 Å². The molecule has 5 rings (SSSR count). The summed E-state index contributed by atoms with van der Waals surface area (Å²) in [5.41, 5.74) is 4.78. The number of hydrogen-bond donors (Lipinski definition) is 1. The average Bonchev–Trinajstić information content (AvgIpc) is 3.19. The normalized spacial score (nSPS) is 14.3. The number of rotatable bonds is 7. The van der Waals surface area contributed by atoms with E-state index in [9.17, 15) is 9.59 Å². The van der Waals surface area contributed by atoms with Crippen LogP contribution in [0.5, 0.6) is 11.5 Å². The lowest BCUT2D eigenvalue weighted by atomic mass is 10.1. The number of hydrazine groups is 1. The number of ether oxygens (including phenoxy) is 2. The molecule has 4 aromatic rings. The molecule has 4 aromatic carbocycles. The van der Waals surface area contributed by atoms with Gasteiger partial charge in [-0.15, -0.1) is 0 Å². The van der Waals surface area contributed by atoms with Gasteiger partial charge in [-0.2, -0.15) is 5.01 Å². The Morgan fingerprint density at radius 2 is 1.79 bits per heavy atom. The fourth-order valence-electron chi connectivity index (χ4n) is 4.00. The average molecular weight is 606 g/mol. The van der Waals surface area contributed by atoms with Gasteiger partial charge in [-0.1, -0.05) is 72.4 Å². The molecule has 1 aliphatic rings. The molecule has 0 unspecified atom stereocenters. The lowest BCUT2D eigenvalue weighted by Gasteiger charge is -2.15. The van der Waals surface area contributed by atoms with Crippen LogP contribution >= 0.6 is 39.9 Å². The first-order valence-corrected chi connectivity index (χ1v) is 13.6. The number of hydrogen-bond acceptors (Lipinski definition) is 6. The molecule has 0 bridgehead atoms. The molecule has 9 heteroatoms. The quantitative estimate of drug-likeness (QED) is 0.186. The lowest BCUT2D eigenvalue weighted by molar-refractivity contribution is -0.123. The standard InChI is InChI=1S/C29H21BrN2O4S2/c1-35-24-15-18(14-23(30)26(24)36-17-21-12-7-11-19-8-5-6-13-22(19)21)16-25-28(34)32(29(37)38-25)31-27(33)20-9-3-2-4-10-20/h2-16H,17H2,1H3,(H,31,33)/b25-16+. The van der Waals surface area contributed by atoms with Crippen molar-refractivity contribution in [1.82, 2.24) is 10.4 Å². The monoisotopic (exact) mass is 604 g/mol. The number of amides is 2. The van der Waals surface area contributed by atoms with Crippen LogP contribution in [0.1, 0.15) is 21.5 Å². The minimum Gasteiger partial charge on any atom is -0.493 e. The predicted molar refractivity (Wildman–Crippen MR) is 158 cm³/mol. The maximum absolute atomic E-state index is 13.0. The van der Waals surface area contributed by atoms with Gasteiger partial charge in [0.05, 0.1) is 16.5 Å². The highest BCUT2D eigenvalue weighted by molar-refractivity contribution is 9.10. The van der Waals surface area contributed by atoms with Crippen molar-refractivity contribution >= 4 is 72.9 Å². The largest absolute Gasteiger partial charge is 0.493 e. The molecule has 0 aromatic heterocycles. The molecule has 0 spiro atoms. The van der Waals surface area contributed by atoms with Gasteiger partial charge < -0.3 is 9.47 Å². The molecule has 0 saturated carbocycles. The van der Waals surface area contributed by atoms with E-state index in [-0.39, 0.29) is 4.32 Å². The summed E-state index contributed by atoms with van der Waals surface area (Å²) in [6.45, 7) is 0.357. The summed E-state index contributed by atoms with van der Waals surface area (Å²) in [7, 11) is 1.56. The van der Waals surface area contributed by atoms with E-state index >= 15 is 0 Å². The van der Waals surface area contributed by atoms with Crippen LogP contribution in [0.15, 0.2) is 94.3 Å². The fraction of sp³-hybridized carbons (Fsp3) is 0.0690. The van der Waals surface area contributed by atoms with Gasteiger partial charge >= 0.3 is 0 Å². The molecular formula is C29H21BrN2O4S2. The van der Waals surface area contributed by atoms with Gasteiger partial charge in [0, 0.05) is 5.56 Å². The molecule has 0 aliphatic carbocycles. The number of nitrogens with one attached hydrogen (secondary N) is 1. The van der Waals surface area contributed by atoms with Crippen molar-refractivity contribution in [3.05, 3.63) is 111 Å². The number of thiocarbonyl (C=S) groups is 1. The Morgan fingerprint density at radius 3 is 2.58 bits per heavy atom. The zero-order valence-electron chi connectivity index (χ0n) is 20.1. The summed E-state index contributed by atoms with van der Waals surface area (Å²) in [5.74, 6) is 0.245. The van der Waals surface area contributed by atoms with Crippen molar-refractivity contribution in [3.63, 3.8) is 0 Å². The van der Waals surface area contributed by atoms with E-state index in [1.165, 1.54) is 0 Å². The Balaban J connectivity index is 1.34. The highest BCUT2D eigenvalue weighted by Gasteiger charge is 2.34. The molecule has 0 atom stereocenters. The maximum atomic E-state index is 13.0. The van der Waals surface area contributed by atoms with Crippen molar-refractivity contribution in [3.8, 4) is 11.5 Å². The number of carbonyl (C=O) groups is 2. The van der Waals surface area contributed by atoms with Gasteiger partial charge in [-0.05, 0) is 80.4 Å². The van der Waals surface area contributed by atoms with E-state index in [0.29, 0.717) is 38.6 Å². The van der Waals surface area contributed by atoms with Gasteiger partial charge in [0.25, 0.3) is 11.8 Å². The number of halogens is 1. The molecule has 1 heterocycles. The summed E-state index contributed by atoms with van der Waals surface area (Å²) >= 11 is 10.0. The highest BCUT2D eigenvalue weighted by Crippen LogP contribution is 2.39. The lowest BCUT2D eigenvalue weighted by Crippen LogP contribution is -2.44. The van der Waals surface area contributed by atoms with Crippen LogP contribution in [0.4, 0.5) is 0 Å². The minimum absolute atomic E-state index is 0.242. The molecule has 0 radical (unpaired) electrons. The minimum atomic E-state index is -0.416. The van der Waals surface area contributed by atoms with Crippen molar-refractivity contribution in [2.75, 3.05) is 7.11 Å². The van der Waals surface area contributed by atoms with E-state index in [1.807, 2.05) is 36.4 Å². The van der Waals surface area contributed by atoms with Crippen molar-refractivity contribution in [2.45, 2.75) is 6.61 Å². The number of methoxy groups -OCH3 is 1. The van der Waals surface area contributed by atoms with Gasteiger partial charge in [0.1, 0.15) is 6.61 Å². The molecule has 1 fully saturated rings. The third-order valence-electron chi connectivity index (χ3n) is 5.84. The summed E-state index contributed by atoms with van der Waals surface area (Å²) in [5, 5.41) is 3.37. The van der Waals surface area contributed by atoms with Crippen LogP contribution < -0.4 is 14.9 Å². The summed E-state index contributed by atoms with van der Waals surface area (Å²) in [4.78, 5) is 25.9. The molecule has 190 valence electrons. The van der Waals surface area contributed by atoms with Crippen LogP contribution in [-0.4, -0.2) is 28.3 Å². The maximum Gasteiger partial charge on any atom is 0.285 e. The van der Waals surface area contributed by atoms with E-state index in [0.717, 1.165) is 33.1 Å². The molecule has 6 nitrogen and oxygen atoms in total. The second kappa shape index (κ2) is 11.4. The Bertz CT molecular complexity index is 1590. The van der Waals surface area contributed by atoms with Gasteiger partial charge in [0.15, 0.2) is 15.8 Å². The van der Waals surface area contributed by atoms with E-state index in [4.69, 9.17) is 21.7 Å². The number of fused-ring (bicyclic) bond motifs is 1. The number of carbonyl (C=O) groups excluding carboxylic acids is 2. The van der Waals surface area contributed by atoms with Crippen LogP contribution in [0, 0.1) is 0 Å². The van der Waals surface area contributed by atoms with E-state index in [2.05, 4.69) is 39.6 Å². The summed E-state index contributed by atoms with van der Waals surface area (Å²) < 4.78 is 12.7. The van der Waals surface area contributed by atoms with Crippen LogP contribution in [0.25, 0.3) is 16.8 Å². The first-order chi connectivity index (χ1) is 18.4. The third kappa shape index (κ3) is 5.45. The molecule has 2 amide bonds. The Hall–Kier alpha value is -3.66. The highest BCUT2D eigenvalue weighted by atomic mass is 79.9. The summed E-state index contributed by atoms with van der Waals surface area (Å²) in [6, 6.07) is 26.5. The summed E-state index contributed by atoms with van der Waals surface area (Å²) in [6.07, 6.45) is 1.70. The second-order valence-corrected chi connectivity index (χ2v) is 10.8. The van der Waals surface area contributed by atoms with Gasteiger partial charge in [-0.3, -0.25) is 15.0 Å². The Morgan fingerprint density at radius 1 is 1.05 bits per heavy atom. The van der Waals surface area contributed by atoms with Crippen molar-refractivity contribution < 1.29 is 19.1 Å².